The molecule has 0 saturated carbocycles. The lowest BCUT2D eigenvalue weighted by atomic mass is 10.0. The van der Waals surface area contributed by atoms with Crippen molar-refractivity contribution in [3.05, 3.63) is 29.8 Å². The monoisotopic (exact) mass is 224 g/mol. The van der Waals surface area contributed by atoms with Gasteiger partial charge in [-0.15, -0.1) is 0 Å². The van der Waals surface area contributed by atoms with Gasteiger partial charge in [-0.25, -0.2) is 0 Å². The second-order valence-electron chi connectivity index (χ2n) is 2.75. The molecule has 94 valence electrons. The van der Waals surface area contributed by atoms with Gasteiger partial charge in [0.25, 0.3) is 0 Å². The topological polar surface area (TPSA) is 9.23 Å². The molecule has 0 radical (unpaired) electrons. The van der Waals surface area contributed by atoms with E-state index in [2.05, 4.69) is 19.1 Å². The average molecular weight is 224 g/mol. The van der Waals surface area contributed by atoms with Crippen molar-refractivity contribution in [2.75, 3.05) is 6.61 Å². The second-order valence-corrected chi connectivity index (χ2v) is 2.75. The molecule has 2 rings (SSSR count). The lowest BCUT2D eigenvalue weighted by Gasteiger charge is -1.96. The first-order valence-corrected chi connectivity index (χ1v) is 6.59. The Bertz CT molecular complexity index is 243. The zero-order chi connectivity index (χ0) is 13.0. The molecule has 1 aromatic carbocycles. The van der Waals surface area contributed by atoms with E-state index in [1.165, 1.54) is 5.56 Å². The van der Waals surface area contributed by atoms with Gasteiger partial charge in [-0.3, -0.25) is 0 Å². The van der Waals surface area contributed by atoms with Crippen LogP contribution in [0, 0.1) is 0 Å². The molecule has 0 saturated heterocycles. The van der Waals surface area contributed by atoms with E-state index in [0.717, 1.165) is 12.4 Å². The van der Waals surface area contributed by atoms with Gasteiger partial charge in [-0.2, -0.15) is 0 Å². The van der Waals surface area contributed by atoms with Crippen LogP contribution in [0.4, 0.5) is 0 Å². The highest BCUT2D eigenvalue weighted by molar-refractivity contribution is 5.38. The summed E-state index contributed by atoms with van der Waals surface area (Å²) < 4.78 is 5.41. The van der Waals surface area contributed by atoms with Crippen LogP contribution in [0.2, 0.25) is 0 Å². The molecule has 1 aromatic rings. The number of rotatable bonds is 0. The molecule has 0 amide bonds. The van der Waals surface area contributed by atoms with Crippen molar-refractivity contribution in [2.24, 2.45) is 0 Å². The maximum absolute atomic E-state index is 5.41. The highest BCUT2D eigenvalue weighted by Gasteiger charge is 2.17. The molecule has 0 aliphatic carbocycles. The fourth-order valence-electron chi connectivity index (χ4n) is 1.32. The van der Waals surface area contributed by atoms with E-state index in [0.29, 0.717) is 5.92 Å². The number of ether oxygens (including phenoxy) is 1. The molecule has 0 aromatic heterocycles. The van der Waals surface area contributed by atoms with Gasteiger partial charge >= 0.3 is 0 Å². The number of fused-ring (bicyclic) bond motifs is 1. The highest BCUT2D eigenvalue weighted by atomic mass is 16.5. The van der Waals surface area contributed by atoms with Gasteiger partial charge in [0.15, 0.2) is 0 Å². The number of para-hydroxylation sites is 1. The largest absolute Gasteiger partial charge is 0.493 e. The standard InChI is InChI=1S/C9H10O.3C2H6/c1-7-6-10-9-5-3-2-4-8(7)9;3*1-2/h2-5,7H,6H2,1H3;3*1-2H3. The predicted molar refractivity (Wildman–Crippen MR) is 74.4 cm³/mol. The first kappa shape index (κ1) is 17.4. The summed E-state index contributed by atoms with van der Waals surface area (Å²) in [5, 5.41) is 0. The molecule has 0 N–H and O–H groups in total. The molecule has 16 heavy (non-hydrogen) atoms. The molecular formula is C15H28O. The Morgan fingerprint density at radius 3 is 1.94 bits per heavy atom. The van der Waals surface area contributed by atoms with Crippen molar-refractivity contribution in [3.8, 4) is 5.75 Å². The van der Waals surface area contributed by atoms with Crippen molar-refractivity contribution in [1.82, 2.24) is 0 Å². The summed E-state index contributed by atoms with van der Waals surface area (Å²) in [5.74, 6) is 1.64. The minimum atomic E-state index is 0.580. The summed E-state index contributed by atoms with van der Waals surface area (Å²) in [6.07, 6.45) is 0. The molecule has 1 heterocycles. The smallest absolute Gasteiger partial charge is 0.122 e. The Hall–Kier alpha value is -0.980. The van der Waals surface area contributed by atoms with Crippen LogP contribution >= 0.6 is 0 Å². The Morgan fingerprint density at radius 2 is 1.44 bits per heavy atom. The quantitative estimate of drug-likeness (QED) is 0.584. The van der Waals surface area contributed by atoms with Crippen LogP contribution in [0.1, 0.15) is 59.9 Å². The Balaban J connectivity index is 0. The summed E-state index contributed by atoms with van der Waals surface area (Å²) in [7, 11) is 0. The molecule has 1 atom stereocenters. The van der Waals surface area contributed by atoms with Crippen LogP contribution in [0.25, 0.3) is 0 Å². The predicted octanol–water partition coefficient (Wildman–Crippen LogP) is 5.26. The van der Waals surface area contributed by atoms with Crippen molar-refractivity contribution >= 4 is 0 Å². The normalized spacial score (nSPS) is 14.8. The van der Waals surface area contributed by atoms with E-state index in [1.807, 2.05) is 53.7 Å². The van der Waals surface area contributed by atoms with E-state index < -0.39 is 0 Å². The Morgan fingerprint density at radius 1 is 0.938 bits per heavy atom. The maximum Gasteiger partial charge on any atom is 0.122 e. The van der Waals surface area contributed by atoms with Gasteiger partial charge in [0, 0.05) is 11.5 Å². The first-order chi connectivity index (χ1) is 7.88. The van der Waals surface area contributed by atoms with Gasteiger partial charge in [0.2, 0.25) is 0 Å². The molecule has 1 unspecified atom stereocenters. The molecule has 1 heteroatoms. The lowest BCUT2D eigenvalue weighted by molar-refractivity contribution is 0.337. The first-order valence-electron chi connectivity index (χ1n) is 6.59. The van der Waals surface area contributed by atoms with E-state index in [1.54, 1.807) is 0 Å². The number of hydrogen-bond acceptors (Lipinski definition) is 1. The SMILES string of the molecule is CC.CC.CC.CC1COc2ccccc21. The van der Waals surface area contributed by atoms with Crippen LogP contribution in [0.3, 0.4) is 0 Å². The number of hydrogen-bond donors (Lipinski definition) is 0. The number of benzene rings is 1. The molecule has 0 bridgehead atoms. The van der Waals surface area contributed by atoms with Gasteiger partial charge in [0.05, 0.1) is 6.61 Å². The zero-order valence-electron chi connectivity index (χ0n) is 12.0. The molecule has 1 aliphatic rings. The van der Waals surface area contributed by atoms with Crippen LogP contribution in [0.15, 0.2) is 24.3 Å². The van der Waals surface area contributed by atoms with Gasteiger partial charge in [0.1, 0.15) is 5.75 Å². The van der Waals surface area contributed by atoms with E-state index >= 15 is 0 Å². The fraction of sp³-hybridized carbons (Fsp3) is 0.600. The summed E-state index contributed by atoms with van der Waals surface area (Å²) in [5.41, 5.74) is 1.35. The van der Waals surface area contributed by atoms with E-state index in [4.69, 9.17) is 4.74 Å². The summed E-state index contributed by atoms with van der Waals surface area (Å²) >= 11 is 0. The van der Waals surface area contributed by atoms with Gasteiger partial charge < -0.3 is 4.74 Å². The summed E-state index contributed by atoms with van der Waals surface area (Å²) in [6.45, 7) is 15.0. The third kappa shape index (κ3) is 5.20. The lowest BCUT2D eigenvalue weighted by Crippen LogP contribution is -1.93. The minimum absolute atomic E-state index is 0.580. The highest BCUT2D eigenvalue weighted by Crippen LogP contribution is 2.32. The van der Waals surface area contributed by atoms with Crippen molar-refractivity contribution in [3.63, 3.8) is 0 Å². The minimum Gasteiger partial charge on any atom is -0.493 e. The molecular weight excluding hydrogens is 196 g/mol. The van der Waals surface area contributed by atoms with Crippen LogP contribution < -0.4 is 4.74 Å². The Kier molecular flexibility index (Phi) is 13.2. The summed E-state index contributed by atoms with van der Waals surface area (Å²) in [6, 6.07) is 8.23. The van der Waals surface area contributed by atoms with Crippen molar-refractivity contribution < 1.29 is 4.74 Å². The molecule has 0 fully saturated rings. The molecule has 0 spiro atoms. The van der Waals surface area contributed by atoms with Crippen molar-refractivity contribution in [2.45, 2.75) is 54.4 Å². The Labute approximate surface area is 102 Å². The van der Waals surface area contributed by atoms with E-state index in [9.17, 15) is 0 Å². The van der Waals surface area contributed by atoms with Gasteiger partial charge in [-0.1, -0.05) is 66.7 Å². The second kappa shape index (κ2) is 12.1. The van der Waals surface area contributed by atoms with Crippen molar-refractivity contribution in [1.29, 1.82) is 0 Å². The maximum atomic E-state index is 5.41. The molecule has 1 aliphatic heterocycles. The van der Waals surface area contributed by atoms with Gasteiger partial charge in [-0.05, 0) is 6.07 Å². The third-order valence-corrected chi connectivity index (χ3v) is 1.94. The fourth-order valence-corrected chi connectivity index (χ4v) is 1.32. The van der Waals surface area contributed by atoms with Crippen LogP contribution in [-0.4, -0.2) is 6.61 Å². The van der Waals surface area contributed by atoms with Crippen LogP contribution in [-0.2, 0) is 0 Å². The third-order valence-electron chi connectivity index (χ3n) is 1.94. The summed E-state index contributed by atoms with van der Waals surface area (Å²) in [4.78, 5) is 0. The van der Waals surface area contributed by atoms with Crippen LogP contribution in [0.5, 0.6) is 5.75 Å². The zero-order valence-corrected chi connectivity index (χ0v) is 12.0. The average Bonchev–Trinajstić information content (AvgIpc) is 2.79. The molecule has 1 nitrogen and oxygen atoms in total. The van der Waals surface area contributed by atoms with E-state index in [-0.39, 0.29) is 0 Å².